The van der Waals surface area contributed by atoms with Gasteiger partial charge in [0.1, 0.15) is 5.75 Å². The SMILES string of the molecule is COC(=O)C1(C(=O)OC)N[C@@H](c2cc(Br)ccc2OC(=O)c2ccccc2)[C@@H]2C(=O)Oc3c(Cl)cc(Cl)cc3[C@@H]21. The number of carbonyl (C=O) groups is 4. The summed E-state index contributed by atoms with van der Waals surface area (Å²) in [6.07, 6.45) is 0. The first-order chi connectivity index (χ1) is 19.1. The molecule has 5 rings (SSSR count). The molecular weight excluding hydrogens is 629 g/mol. The first kappa shape index (κ1) is 28.1. The Hall–Kier alpha value is -3.44. The standard InChI is InChI=1S/C28H20BrCl2NO8/c1-37-26(35)28(27(36)38-2)21-17-11-15(30)12-18(31)23(17)40-25(34)20(21)22(32-28)16-10-14(29)8-9-19(16)39-24(33)13-6-4-3-5-7-13/h3-12,20-22,32H,1-2H3/t20-,21+,22+/m1/s1. The average Bonchev–Trinajstić information content (AvgIpc) is 3.32. The van der Waals surface area contributed by atoms with Gasteiger partial charge in [-0.1, -0.05) is 57.3 Å². The molecule has 1 fully saturated rings. The van der Waals surface area contributed by atoms with Crippen LogP contribution in [-0.4, -0.2) is 43.6 Å². The summed E-state index contributed by atoms with van der Waals surface area (Å²) in [4.78, 5) is 53.5. The number of halogens is 3. The van der Waals surface area contributed by atoms with Gasteiger partial charge in [0.2, 0.25) is 5.54 Å². The van der Waals surface area contributed by atoms with E-state index in [9.17, 15) is 19.2 Å². The van der Waals surface area contributed by atoms with Crippen molar-refractivity contribution in [2.24, 2.45) is 5.92 Å². The molecule has 0 aromatic heterocycles. The summed E-state index contributed by atoms with van der Waals surface area (Å²) in [6, 6.07) is 14.9. The number of nitrogens with one attached hydrogen (secondary N) is 1. The Morgan fingerprint density at radius 3 is 2.27 bits per heavy atom. The van der Waals surface area contributed by atoms with Gasteiger partial charge in [-0.3, -0.25) is 10.1 Å². The highest BCUT2D eigenvalue weighted by atomic mass is 79.9. The summed E-state index contributed by atoms with van der Waals surface area (Å²) < 4.78 is 22.1. The molecule has 0 unspecified atom stereocenters. The second kappa shape index (κ2) is 10.9. The maximum atomic E-state index is 13.6. The number of hydrogen-bond acceptors (Lipinski definition) is 9. The number of methoxy groups -OCH3 is 2. The van der Waals surface area contributed by atoms with Crippen LogP contribution < -0.4 is 14.8 Å². The fraction of sp³-hybridized carbons (Fsp3) is 0.214. The van der Waals surface area contributed by atoms with Gasteiger partial charge in [-0.25, -0.2) is 14.4 Å². The Kier molecular flexibility index (Phi) is 7.62. The molecule has 0 bridgehead atoms. The fourth-order valence-electron chi connectivity index (χ4n) is 5.31. The summed E-state index contributed by atoms with van der Waals surface area (Å²) in [5.41, 5.74) is -1.41. The van der Waals surface area contributed by atoms with Crippen LogP contribution in [0.2, 0.25) is 10.0 Å². The Labute approximate surface area is 246 Å². The van der Waals surface area contributed by atoms with E-state index >= 15 is 0 Å². The summed E-state index contributed by atoms with van der Waals surface area (Å²) in [6.45, 7) is 0. The van der Waals surface area contributed by atoms with Crippen LogP contribution in [-0.2, 0) is 23.9 Å². The van der Waals surface area contributed by atoms with Crippen LogP contribution in [0.5, 0.6) is 11.5 Å². The lowest BCUT2D eigenvalue weighted by molar-refractivity contribution is -0.164. The monoisotopic (exact) mass is 647 g/mol. The molecule has 12 heteroatoms. The number of carbonyl (C=O) groups excluding carboxylic acids is 4. The average molecular weight is 649 g/mol. The van der Waals surface area contributed by atoms with E-state index in [1.54, 1.807) is 42.5 Å². The molecule has 0 radical (unpaired) electrons. The zero-order valence-corrected chi connectivity index (χ0v) is 24.0. The molecule has 1 N–H and O–H groups in total. The second-order valence-electron chi connectivity index (χ2n) is 9.08. The second-order valence-corrected chi connectivity index (χ2v) is 10.8. The number of benzene rings is 3. The molecule has 0 aliphatic carbocycles. The largest absolute Gasteiger partial charge is 0.467 e. The number of hydrogen-bond donors (Lipinski definition) is 1. The summed E-state index contributed by atoms with van der Waals surface area (Å²) in [5.74, 6) is -5.83. The van der Waals surface area contributed by atoms with Gasteiger partial charge in [-0.15, -0.1) is 0 Å². The number of rotatable bonds is 5. The van der Waals surface area contributed by atoms with Gasteiger partial charge in [0.25, 0.3) is 0 Å². The molecule has 2 aliphatic rings. The molecule has 2 aliphatic heterocycles. The van der Waals surface area contributed by atoms with E-state index in [0.29, 0.717) is 10.0 Å². The third-order valence-electron chi connectivity index (χ3n) is 6.95. The van der Waals surface area contributed by atoms with E-state index in [1.165, 1.54) is 18.2 Å². The molecule has 40 heavy (non-hydrogen) atoms. The normalized spacial score (nSPS) is 20.5. The molecule has 1 saturated heterocycles. The molecule has 0 spiro atoms. The topological polar surface area (TPSA) is 117 Å². The van der Waals surface area contributed by atoms with Gasteiger partial charge < -0.3 is 18.9 Å². The van der Waals surface area contributed by atoms with Crippen LogP contribution in [0.25, 0.3) is 0 Å². The van der Waals surface area contributed by atoms with Crippen LogP contribution in [0.15, 0.2) is 65.1 Å². The van der Waals surface area contributed by atoms with Crippen molar-refractivity contribution in [1.82, 2.24) is 5.32 Å². The molecule has 206 valence electrons. The van der Waals surface area contributed by atoms with Crippen LogP contribution in [0, 0.1) is 5.92 Å². The molecule has 0 saturated carbocycles. The van der Waals surface area contributed by atoms with Crippen molar-refractivity contribution < 1.29 is 38.1 Å². The lowest BCUT2D eigenvalue weighted by Crippen LogP contribution is -2.59. The van der Waals surface area contributed by atoms with Crippen LogP contribution >= 0.6 is 39.1 Å². The van der Waals surface area contributed by atoms with Gasteiger partial charge in [-0.2, -0.15) is 0 Å². The predicted molar refractivity (Wildman–Crippen MR) is 147 cm³/mol. The van der Waals surface area contributed by atoms with Gasteiger partial charge in [0.05, 0.1) is 36.8 Å². The number of fused-ring (bicyclic) bond motifs is 3. The Bertz CT molecular complexity index is 1530. The highest BCUT2D eigenvalue weighted by molar-refractivity contribution is 9.10. The quantitative estimate of drug-likeness (QED) is 0.231. The van der Waals surface area contributed by atoms with Gasteiger partial charge in [-0.05, 0) is 42.5 Å². The summed E-state index contributed by atoms with van der Waals surface area (Å²) in [5, 5.41) is 3.21. The minimum absolute atomic E-state index is 0.0151. The van der Waals surface area contributed by atoms with Crippen LogP contribution in [0.1, 0.15) is 33.4 Å². The Balaban J connectivity index is 1.72. The number of ether oxygens (including phenoxy) is 4. The van der Waals surface area contributed by atoms with Crippen molar-refractivity contribution >= 4 is 63.0 Å². The van der Waals surface area contributed by atoms with E-state index in [4.69, 9.17) is 42.1 Å². The van der Waals surface area contributed by atoms with Crippen molar-refractivity contribution in [3.63, 3.8) is 0 Å². The van der Waals surface area contributed by atoms with Gasteiger partial charge in [0.15, 0.2) is 5.75 Å². The van der Waals surface area contributed by atoms with E-state index in [0.717, 1.165) is 14.2 Å². The van der Waals surface area contributed by atoms with E-state index in [2.05, 4.69) is 21.2 Å². The molecule has 3 aromatic rings. The van der Waals surface area contributed by atoms with Crippen molar-refractivity contribution in [1.29, 1.82) is 0 Å². The smallest absolute Gasteiger partial charge is 0.343 e. The highest BCUT2D eigenvalue weighted by Crippen LogP contribution is 2.57. The Morgan fingerprint density at radius 1 is 0.950 bits per heavy atom. The van der Waals surface area contributed by atoms with Gasteiger partial charge in [0, 0.05) is 26.5 Å². The van der Waals surface area contributed by atoms with Crippen molar-refractivity contribution in [3.05, 3.63) is 91.9 Å². The lowest BCUT2D eigenvalue weighted by Gasteiger charge is -2.35. The highest BCUT2D eigenvalue weighted by Gasteiger charge is 2.69. The molecular formula is C28H20BrCl2NO8. The molecule has 3 atom stereocenters. The van der Waals surface area contributed by atoms with E-state index in [-0.39, 0.29) is 32.7 Å². The third kappa shape index (κ3) is 4.54. The van der Waals surface area contributed by atoms with Crippen LogP contribution in [0.3, 0.4) is 0 Å². The first-order valence-corrected chi connectivity index (χ1v) is 13.4. The first-order valence-electron chi connectivity index (χ1n) is 11.8. The third-order valence-corrected chi connectivity index (χ3v) is 7.94. The minimum atomic E-state index is -2.22. The molecule has 9 nitrogen and oxygen atoms in total. The lowest BCUT2D eigenvalue weighted by atomic mass is 9.72. The zero-order chi connectivity index (χ0) is 28.8. The molecule has 2 heterocycles. The molecule has 3 aromatic carbocycles. The zero-order valence-electron chi connectivity index (χ0n) is 20.9. The molecule has 0 amide bonds. The Morgan fingerprint density at radius 2 is 1.62 bits per heavy atom. The van der Waals surface area contributed by atoms with Gasteiger partial charge >= 0.3 is 23.9 Å². The summed E-state index contributed by atoms with van der Waals surface area (Å²) in [7, 11) is 2.21. The maximum absolute atomic E-state index is 13.6. The minimum Gasteiger partial charge on any atom is -0.467 e. The fourth-order valence-corrected chi connectivity index (χ4v) is 6.24. The van der Waals surface area contributed by atoms with Crippen molar-refractivity contribution in [2.75, 3.05) is 14.2 Å². The van der Waals surface area contributed by atoms with Crippen LogP contribution in [0.4, 0.5) is 0 Å². The van der Waals surface area contributed by atoms with Crippen molar-refractivity contribution in [2.45, 2.75) is 17.5 Å². The number of esters is 4. The maximum Gasteiger partial charge on any atom is 0.343 e. The van der Waals surface area contributed by atoms with E-state index in [1.807, 2.05) is 0 Å². The predicted octanol–water partition coefficient (Wildman–Crippen LogP) is 5.02. The van der Waals surface area contributed by atoms with Crippen molar-refractivity contribution in [3.8, 4) is 11.5 Å². The van der Waals surface area contributed by atoms with E-state index < -0.39 is 47.3 Å². The summed E-state index contributed by atoms with van der Waals surface area (Å²) >= 11 is 16.1.